The van der Waals surface area contributed by atoms with Gasteiger partial charge in [0, 0.05) is 12.8 Å². The molecule has 0 spiro atoms. The zero-order valence-electron chi connectivity index (χ0n) is 15.7. The SMILES string of the molecule is CC(C)CC(=O)CCCCCCCCOC(=O)c1cc(O)c(O)c(O)c1. The number of ether oxygens (including phenoxy) is 1. The summed E-state index contributed by atoms with van der Waals surface area (Å²) in [7, 11) is 0. The largest absolute Gasteiger partial charge is 0.504 e. The van der Waals surface area contributed by atoms with Crippen LogP contribution in [0, 0.1) is 5.92 Å². The lowest BCUT2D eigenvalue weighted by atomic mass is 10.0. The lowest BCUT2D eigenvalue weighted by Gasteiger charge is -2.07. The molecule has 0 aliphatic carbocycles. The number of aromatic hydroxyl groups is 3. The number of phenolic OH excluding ortho intramolecular Hbond substituents is 3. The molecule has 6 nitrogen and oxygen atoms in total. The molecule has 0 amide bonds. The first-order valence-corrected chi connectivity index (χ1v) is 9.25. The molecule has 1 rings (SSSR count). The van der Waals surface area contributed by atoms with Crippen LogP contribution in [0.5, 0.6) is 17.2 Å². The number of Topliss-reactive ketones (excluding diaryl/α,β-unsaturated/α-hetero) is 1. The van der Waals surface area contributed by atoms with E-state index in [0.717, 1.165) is 50.7 Å². The lowest BCUT2D eigenvalue weighted by Crippen LogP contribution is -2.06. The molecule has 0 bridgehead atoms. The van der Waals surface area contributed by atoms with E-state index >= 15 is 0 Å². The van der Waals surface area contributed by atoms with Crippen LogP contribution in [0.25, 0.3) is 0 Å². The number of esters is 1. The van der Waals surface area contributed by atoms with Crippen molar-refractivity contribution in [2.75, 3.05) is 6.61 Å². The van der Waals surface area contributed by atoms with Crippen molar-refractivity contribution in [2.24, 2.45) is 5.92 Å². The Morgan fingerprint density at radius 1 is 0.923 bits per heavy atom. The van der Waals surface area contributed by atoms with Gasteiger partial charge in [-0.25, -0.2) is 4.79 Å². The lowest BCUT2D eigenvalue weighted by molar-refractivity contribution is -0.119. The molecule has 3 N–H and O–H groups in total. The topological polar surface area (TPSA) is 104 Å². The summed E-state index contributed by atoms with van der Waals surface area (Å²) < 4.78 is 5.09. The first-order valence-electron chi connectivity index (χ1n) is 9.25. The minimum Gasteiger partial charge on any atom is -0.504 e. The normalized spacial score (nSPS) is 10.9. The van der Waals surface area contributed by atoms with Gasteiger partial charge in [-0.1, -0.05) is 39.5 Å². The summed E-state index contributed by atoms with van der Waals surface area (Å²) >= 11 is 0. The van der Waals surface area contributed by atoms with Crippen molar-refractivity contribution in [2.45, 2.75) is 65.2 Å². The van der Waals surface area contributed by atoms with E-state index in [1.807, 2.05) is 0 Å². The molecular weight excluding hydrogens is 336 g/mol. The summed E-state index contributed by atoms with van der Waals surface area (Å²) in [5, 5.41) is 28.0. The fourth-order valence-corrected chi connectivity index (χ4v) is 2.66. The van der Waals surface area contributed by atoms with Crippen LogP contribution in [0.2, 0.25) is 0 Å². The molecule has 0 atom stereocenters. The summed E-state index contributed by atoms with van der Waals surface area (Å²) in [6, 6.07) is 2.11. The van der Waals surface area contributed by atoms with Crippen molar-refractivity contribution in [3.05, 3.63) is 17.7 Å². The number of ketones is 1. The summed E-state index contributed by atoms with van der Waals surface area (Å²) in [4.78, 5) is 23.4. The number of benzene rings is 1. The predicted molar refractivity (Wildman–Crippen MR) is 98.5 cm³/mol. The monoisotopic (exact) mass is 366 g/mol. The van der Waals surface area contributed by atoms with Gasteiger partial charge in [0.1, 0.15) is 5.78 Å². The van der Waals surface area contributed by atoms with Gasteiger partial charge >= 0.3 is 5.97 Å². The Morgan fingerprint density at radius 3 is 2.04 bits per heavy atom. The van der Waals surface area contributed by atoms with Crippen molar-refractivity contribution in [1.29, 1.82) is 0 Å². The van der Waals surface area contributed by atoms with Gasteiger partial charge < -0.3 is 20.1 Å². The Kier molecular flexibility index (Phi) is 9.55. The first kappa shape index (κ1) is 21.8. The maximum Gasteiger partial charge on any atom is 0.338 e. The van der Waals surface area contributed by atoms with Gasteiger partial charge in [0.25, 0.3) is 0 Å². The Hall–Kier alpha value is -2.24. The standard InChI is InChI=1S/C20H30O6/c1-14(2)11-16(21)9-7-5-3-4-6-8-10-26-20(25)15-12-17(22)19(24)18(23)13-15/h12-14,22-24H,3-11H2,1-2H3. The number of hydrogen-bond acceptors (Lipinski definition) is 6. The van der Waals surface area contributed by atoms with Crippen LogP contribution in [-0.4, -0.2) is 33.7 Å². The maximum absolute atomic E-state index is 11.8. The third kappa shape index (κ3) is 8.23. The summed E-state index contributed by atoms with van der Waals surface area (Å²) in [5.41, 5.74) is -0.0103. The van der Waals surface area contributed by atoms with E-state index in [2.05, 4.69) is 13.8 Å². The Morgan fingerprint density at radius 2 is 1.46 bits per heavy atom. The molecule has 0 aliphatic rings. The molecule has 1 aromatic carbocycles. The van der Waals surface area contributed by atoms with Crippen molar-refractivity contribution in [3.63, 3.8) is 0 Å². The van der Waals surface area contributed by atoms with Gasteiger partial charge in [-0.2, -0.15) is 0 Å². The molecule has 0 fully saturated rings. The van der Waals surface area contributed by atoms with E-state index in [4.69, 9.17) is 4.74 Å². The number of rotatable bonds is 12. The predicted octanol–water partition coefficient (Wildman–Crippen LogP) is 4.31. The zero-order chi connectivity index (χ0) is 19.5. The summed E-state index contributed by atoms with van der Waals surface area (Å²) in [6.45, 7) is 4.36. The average molecular weight is 366 g/mol. The maximum atomic E-state index is 11.8. The summed E-state index contributed by atoms with van der Waals surface area (Å²) in [6.07, 6.45) is 7.06. The van der Waals surface area contributed by atoms with Gasteiger partial charge in [0.15, 0.2) is 17.2 Å². The van der Waals surface area contributed by atoms with E-state index in [1.165, 1.54) is 0 Å². The molecular formula is C20H30O6. The molecule has 0 unspecified atom stereocenters. The molecule has 0 aromatic heterocycles. The van der Waals surface area contributed by atoms with E-state index in [0.29, 0.717) is 24.5 Å². The Bertz CT molecular complexity index is 571. The highest BCUT2D eigenvalue weighted by molar-refractivity contribution is 5.91. The number of hydrogen-bond donors (Lipinski definition) is 3. The second-order valence-electron chi connectivity index (χ2n) is 7.01. The molecule has 0 radical (unpaired) electrons. The minimum atomic E-state index is -0.660. The highest BCUT2D eigenvalue weighted by Crippen LogP contribution is 2.35. The van der Waals surface area contributed by atoms with Gasteiger partial charge in [0.2, 0.25) is 0 Å². The fraction of sp³-hybridized carbons (Fsp3) is 0.600. The fourth-order valence-electron chi connectivity index (χ4n) is 2.66. The number of carbonyl (C=O) groups is 2. The van der Waals surface area contributed by atoms with E-state index in [-0.39, 0.29) is 12.2 Å². The third-order valence-electron chi connectivity index (χ3n) is 4.02. The van der Waals surface area contributed by atoms with Crippen LogP contribution in [0.4, 0.5) is 0 Å². The molecule has 0 heterocycles. The highest BCUT2D eigenvalue weighted by Gasteiger charge is 2.14. The van der Waals surface area contributed by atoms with Crippen LogP contribution in [0.3, 0.4) is 0 Å². The van der Waals surface area contributed by atoms with Crippen molar-refractivity contribution < 1.29 is 29.6 Å². The van der Waals surface area contributed by atoms with E-state index in [1.54, 1.807) is 0 Å². The van der Waals surface area contributed by atoms with Crippen molar-refractivity contribution in [3.8, 4) is 17.2 Å². The smallest absolute Gasteiger partial charge is 0.338 e. The number of carbonyl (C=O) groups excluding carboxylic acids is 2. The van der Waals surface area contributed by atoms with E-state index in [9.17, 15) is 24.9 Å². The highest BCUT2D eigenvalue weighted by atomic mass is 16.5. The third-order valence-corrected chi connectivity index (χ3v) is 4.02. The van der Waals surface area contributed by atoms with Crippen LogP contribution >= 0.6 is 0 Å². The van der Waals surface area contributed by atoms with Crippen LogP contribution < -0.4 is 0 Å². The summed E-state index contributed by atoms with van der Waals surface area (Å²) in [5.74, 6) is -1.67. The second-order valence-corrected chi connectivity index (χ2v) is 7.01. The van der Waals surface area contributed by atoms with Gasteiger partial charge in [0.05, 0.1) is 12.2 Å². The van der Waals surface area contributed by atoms with Crippen molar-refractivity contribution >= 4 is 11.8 Å². The Labute approximate surface area is 154 Å². The number of phenols is 3. The van der Waals surface area contributed by atoms with Crippen LogP contribution in [0.1, 0.15) is 75.6 Å². The van der Waals surface area contributed by atoms with Crippen molar-refractivity contribution in [1.82, 2.24) is 0 Å². The Balaban J connectivity index is 2.09. The van der Waals surface area contributed by atoms with Crippen LogP contribution in [-0.2, 0) is 9.53 Å². The van der Waals surface area contributed by atoms with Gasteiger partial charge in [-0.3, -0.25) is 4.79 Å². The average Bonchev–Trinajstić information content (AvgIpc) is 2.56. The molecule has 0 saturated heterocycles. The quantitative estimate of drug-likeness (QED) is 0.289. The second kappa shape index (κ2) is 11.4. The first-order chi connectivity index (χ1) is 12.3. The number of unbranched alkanes of at least 4 members (excludes halogenated alkanes) is 5. The molecule has 1 aromatic rings. The minimum absolute atomic E-state index is 0.0103. The molecule has 26 heavy (non-hydrogen) atoms. The molecule has 0 saturated carbocycles. The van der Waals surface area contributed by atoms with Gasteiger partial charge in [-0.05, 0) is 30.9 Å². The van der Waals surface area contributed by atoms with Crippen LogP contribution in [0.15, 0.2) is 12.1 Å². The van der Waals surface area contributed by atoms with E-state index < -0.39 is 23.2 Å². The molecule has 0 aliphatic heterocycles. The zero-order valence-corrected chi connectivity index (χ0v) is 15.7. The molecule has 6 heteroatoms. The molecule has 146 valence electrons. The van der Waals surface area contributed by atoms with Gasteiger partial charge in [-0.15, -0.1) is 0 Å².